The van der Waals surface area contributed by atoms with E-state index < -0.39 is 11.6 Å². The van der Waals surface area contributed by atoms with Gasteiger partial charge in [-0.15, -0.1) is 0 Å². The van der Waals surface area contributed by atoms with Gasteiger partial charge in [0, 0.05) is 12.8 Å². The second kappa shape index (κ2) is 5.65. The number of hydrogen-bond acceptors (Lipinski definition) is 3. The third-order valence-electron chi connectivity index (χ3n) is 3.52. The Hall–Kier alpha value is -1.16. The summed E-state index contributed by atoms with van der Waals surface area (Å²) in [5.74, 6) is -0.698. The molecule has 0 spiro atoms. The molecule has 2 atom stereocenters. The molecule has 0 radical (unpaired) electrons. The van der Waals surface area contributed by atoms with Crippen molar-refractivity contribution < 1.29 is 19.8 Å². The summed E-state index contributed by atoms with van der Waals surface area (Å²) in [6.07, 6.45) is 2.91. The molecule has 18 heavy (non-hydrogen) atoms. The van der Waals surface area contributed by atoms with Crippen LogP contribution in [0.2, 0.25) is 0 Å². The highest BCUT2D eigenvalue weighted by Crippen LogP contribution is 2.33. The molecule has 1 aliphatic carbocycles. The second-order valence-electron chi connectivity index (χ2n) is 5.66. The highest BCUT2D eigenvalue weighted by atomic mass is 16.4. The van der Waals surface area contributed by atoms with E-state index in [4.69, 9.17) is 5.11 Å². The van der Waals surface area contributed by atoms with Crippen LogP contribution in [0.15, 0.2) is 11.6 Å². The maximum absolute atomic E-state index is 11.9. The predicted octanol–water partition coefficient (Wildman–Crippen LogP) is 2.16. The molecule has 0 aromatic rings. The van der Waals surface area contributed by atoms with Gasteiger partial charge < -0.3 is 10.2 Å². The average Bonchev–Trinajstić information content (AvgIpc) is 2.22. The van der Waals surface area contributed by atoms with Crippen LogP contribution in [0.5, 0.6) is 0 Å². The Morgan fingerprint density at radius 1 is 1.50 bits per heavy atom. The first kappa shape index (κ1) is 14.9. The monoisotopic (exact) mass is 254 g/mol. The maximum Gasteiger partial charge on any atom is 0.303 e. The minimum Gasteiger partial charge on any atom is -0.481 e. The summed E-state index contributed by atoms with van der Waals surface area (Å²) < 4.78 is 0. The molecule has 2 N–H and O–H groups in total. The normalized spacial score (nSPS) is 26.1. The Labute approximate surface area is 108 Å². The number of carboxylic acid groups (broad SMARTS) is 1. The summed E-state index contributed by atoms with van der Waals surface area (Å²) in [6, 6.07) is 0. The van der Waals surface area contributed by atoms with Crippen LogP contribution < -0.4 is 0 Å². The third kappa shape index (κ3) is 3.95. The van der Waals surface area contributed by atoms with Crippen molar-refractivity contribution in [3.05, 3.63) is 11.6 Å². The molecule has 0 fully saturated rings. The molecule has 0 bridgehead atoms. The third-order valence-corrected chi connectivity index (χ3v) is 3.52. The van der Waals surface area contributed by atoms with E-state index in [1.165, 1.54) is 0 Å². The number of carboxylic acids is 1. The number of aliphatic carboxylic acids is 1. The van der Waals surface area contributed by atoms with Crippen molar-refractivity contribution in [2.45, 2.75) is 52.1 Å². The van der Waals surface area contributed by atoms with Gasteiger partial charge in [0.2, 0.25) is 0 Å². The van der Waals surface area contributed by atoms with Gasteiger partial charge in [-0.3, -0.25) is 9.59 Å². The Kier molecular flexibility index (Phi) is 4.68. The highest BCUT2D eigenvalue weighted by molar-refractivity contribution is 5.97. The Morgan fingerprint density at radius 2 is 2.11 bits per heavy atom. The summed E-state index contributed by atoms with van der Waals surface area (Å²) in [7, 11) is 0. The number of Topliss-reactive ketones (excluding diaryl/α,β-unsaturated/α-hetero) is 1. The maximum atomic E-state index is 11.9. The molecular weight excluding hydrogens is 232 g/mol. The lowest BCUT2D eigenvalue weighted by Gasteiger charge is -2.31. The molecule has 1 rings (SSSR count). The largest absolute Gasteiger partial charge is 0.481 e. The molecule has 0 saturated carbocycles. The van der Waals surface area contributed by atoms with E-state index in [-0.39, 0.29) is 24.0 Å². The number of allylic oxidation sites excluding steroid dienone is 1. The smallest absolute Gasteiger partial charge is 0.303 e. The predicted molar refractivity (Wildman–Crippen MR) is 68.1 cm³/mol. The lowest BCUT2D eigenvalue weighted by atomic mass is 9.76. The summed E-state index contributed by atoms with van der Waals surface area (Å²) >= 11 is 0. The molecule has 102 valence electrons. The lowest BCUT2D eigenvalue weighted by molar-refractivity contribution is -0.137. The SMILES string of the molecule is CC(C)[C@@H](CCC(=O)O)C1=CC(C)(O)CCC1=O. The fourth-order valence-electron chi connectivity index (χ4n) is 2.44. The van der Waals surface area contributed by atoms with Crippen molar-refractivity contribution in [3.63, 3.8) is 0 Å². The zero-order valence-electron chi connectivity index (χ0n) is 11.3. The molecule has 0 saturated heterocycles. The lowest BCUT2D eigenvalue weighted by Crippen LogP contribution is -2.32. The van der Waals surface area contributed by atoms with Crippen LogP contribution in [0.3, 0.4) is 0 Å². The quantitative estimate of drug-likeness (QED) is 0.788. The molecule has 0 aromatic carbocycles. The van der Waals surface area contributed by atoms with Gasteiger partial charge in [-0.25, -0.2) is 0 Å². The van der Waals surface area contributed by atoms with E-state index in [9.17, 15) is 14.7 Å². The van der Waals surface area contributed by atoms with Gasteiger partial charge in [0.15, 0.2) is 5.78 Å². The number of ketones is 1. The van der Waals surface area contributed by atoms with Crippen LogP contribution in [0, 0.1) is 11.8 Å². The molecule has 4 heteroatoms. The van der Waals surface area contributed by atoms with Gasteiger partial charge in [0.05, 0.1) is 5.60 Å². The summed E-state index contributed by atoms with van der Waals surface area (Å²) in [5, 5.41) is 18.8. The van der Waals surface area contributed by atoms with Gasteiger partial charge >= 0.3 is 5.97 Å². The number of carbonyl (C=O) groups excluding carboxylic acids is 1. The van der Waals surface area contributed by atoms with Crippen molar-refractivity contribution in [3.8, 4) is 0 Å². The minimum atomic E-state index is -0.945. The Bertz CT molecular complexity index is 366. The van der Waals surface area contributed by atoms with Crippen molar-refractivity contribution in [1.29, 1.82) is 0 Å². The minimum absolute atomic E-state index is 0.0469. The summed E-state index contributed by atoms with van der Waals surface area (Å²) in [6.45, 7) is 5.64. The zero-order valence-corrected chi connectivity index (χ0v) is 11.3. The van der Waals surface area contributed by atoms with E-state index in [0.29, 0.717) is 24.8 Å². The van der Waals surface area contributed by atoms with Crippen LogP contribution in [-0.4, -0.2) is 27.6 Å². The summed E-state index contributed by atoms with van der Waals surface area (Å²) in [4.78, 5) is 22.6. The summed E-state index contributed by atoms with van der Waals surface area (Å²) in [5.41, 5.74) is -0.331. The first-order valence-corrected chi connectivity index (χ1v) is 6.43. The van der Waals surface area contributed by atoms with Crippen molar-refractivity contribution in [2.75, 3.05) is 0 Å². The first-order valence-electron chi connectivity index (χ1n) is 6.43. The molecule has 4 nitrogen and oxygen atoms in total. The average molecular weight is 254 g/mol. The Balaban J connectivity index is 2.93. The fraction of sp³-hybridized carbons (Fsp3) is 0.714. The topological polar surface area (TPSA) is 74.6 Å². The number of rotatable bonds is 5. The van der Waals surface area contributed by atoms with Gasteiger partial charge in [0.25, 0.3) is 0 Å². The molecule has 1 aliphatic rings. The highest BCUT2D eigenvalue weighted by Gasteiger charge is 2.32. The Morgan fingerprint density at radius 3 is 2.61 bits per heavy atom. The van der Waals surface area contributed by atoms with E-state index >= 15 is 0 Å². The van der Waals surface area contributed by atoms with Gasteiger partial charge in [-0.05, 0) is 43.3 Å². The van der Waals surface area contributed by atoms with Crippen LogP contribution in [0.4, 0.5) is 0 Å². The molecule has 0 aliphatic heterocycles. The second-order valence-corrected chi connectivity index (χ2v) is 5.66. The first-order chi connectivity index (χ1) is 8.23. The molecular formula is C14H22O4. The molecule has 0 amide bonds. The molecule has 1 unspecified atom stereocenters. The number of hydrogen-bond donors (Lipinski definition) is 2. The van der Waals surface area contributed by atoms with E-state index in [1.807, 2.05) is 13.8 Å². The zero-order chi connectivity index (χ0) is 13.9. The van der Waals surface area contributed by atoms with E-state index in [1.54, 1.807) is 13.0 Å². The van der Waals surface area contributed by atoms with E-state index in [2.05, 4.69) is 0 Å². The van der Waals surface area contributed by atoms with Crippen LogP contribution in [0.25, 0.3) is 0 Å². The fourth-order valence-corrected chi connectivity index (χ4v) is 2.44. The standard InChI is InChI=1S/C14H22O4/c1-9(2)10(4-5-13(16)17)11-8-14(3,18)7-6-12(11)15/h8-10,18H,4-7H2,1-3H3,(H,16,17)/t10-,14?/m1/s1. The van der Waals surface area contributed by atoms with E-state index in [0.717, 1.165) is 0 Å². The number of aliphatic hydroxyl groups is 1. The van der Waals surface area contributed by atoms with Crippen LogP contribution in [0.1, 0.15) is 46.5 Å². The molecule has 0 aromatic heterocycles. The van der Waals surface area contributed by atoms with Gasteiger partial charge in [0.1, 0.15) is 0 Å². The van der Waals surface area contributed by atoms with Gasteiger partial charge in [-0.2, -0.15) is 0 Å². The van der Waals surface area contributed by atoms with Crippen LogP contribution in [-0.2, 0) is 9.59 Å². The van der Waals surface area contributed by atoms with Crippen molar-refractivity contribution >= 4 is 11.8 Å². The van der Waals surface area contributed by atoms with Crippen molar-refractivity contribution in [2.24, 2.45) is 11.8 Å². The molecule has 0 heterocycles. The van der Waals surface area contributed by atoms with Gasteiger partial charge in [-0.1, -0.05) is 13.8 Å². The number of carbonyl (C=O) groups is 2. The van der Waals surface area contributed by atoms with Crippen LogP contribution >= 0.6 is 0 Å². The van der Waals surface area contributed by atoms with Crippen molar-refractivity contribution in [1.82, 2.24) is 0 Å².